The standard InChI is InChI=1S/C10H14N4O/c11-4-7-3-10(15)14(6-7)9-2-1-8(12)5-13-9/h1-2,5,7H,3-4,6,11-12H2. The number of nitrogen functional groups attached to an aromatic ring is 1. The van der Waals surface area contributed by atoms with E-state index >= 15 is 0 Å². The highest BCUT2D eigenvalue weighted by molar-refractivity contribution is 5.94. The molecule has 0 radical (unpaired) electrons. The average molecular weight is 206 g/mol. The summed E-state index contributed by atoms with van der Waals surface area (Å²) in [5.74, 6) is 0.990. The van der Waals surface area contributed by atoms with Gasteiger partial charge in [-0.3, -0.25) is 9.69 Å². The van der Waals surface area contributed by atoms with E-state index in [1.165, 1.54) is 0 Å². The number of hydrogen-bond donors (Lipinski definition) is 2. The number of carbonyl (C=O) groups is 1. The normalized spacial score (nSPS) is 21.0. The van der Waals surface area contributed by atoms with Gasteiger partial charge in [-0.15, -0.1) is 0 Å². The van der Waals surface area contributed by atoms with Gasteiger partial charge in [0.1, 0.15) is 5.82 Å². The average Bonchev–Trinajstić information content (AvgIpc) is 2.61. The Balaban J connectivity index is 2.18. The lowest BCUT2D eigenvalue weighted by Crippen LogP contribution is -2.26. The van der Waals surface area contributed by atoms with Crippen LogP contribution in [0.15, 0.2) is 18.3 Å². The van der Waals surface area contributed by atoms with Gasteiger partial charge >= 0.3 is 0 Å². The molecule has 2 heterocycles. The molecule has 1 aromatic rings. The molecular formula is C10H14N4O. The van der Waals surface area contributed by atoms with Gasteiger partial charge < -0.3 is 11.5 Å². The SMILES string of the molecule is NCC1CC(=O)N(c2ccc(N)cn2)C1. The molecule has 1 fully saturated rings. The zero-order chi connectivity index (χ0) is 10.8. The highest BCUT2D eigenvalue weighted by Gasteiger charge is 2.30. The molecule has 0 aliphatic carbocycles. The summed E-state index contributed by atoms with van der Waals surface area (Å²) in [4.78, 5) is 17.4. The molecule has 1 aliphatic heterocycles. The molecule has 80 valence electrons. The summed E-state index contributed by atoms with van der Waals surface area (Å²) in [6.07, 6.45) is 2.07. The molecular weight excluding hydrogens is 192 g/mol. The van der Waals surface area contributed by atoms with E-state index in [-0.39, 0.29) is 11.8 Å². The molecule has 1 amide bonds. The van der Waals surface area contributed by atoms with Crippen molar-refractivity contribution in [2.75, 3.05) is 23.7 Å². The summed E-state index contributed by atoms with van der Waals surface area (Å²) < 4.78 is 0. The van der Waals surface area contributed by atoms with Crippen LogP contribution in [-0.2, 0) is 4.79 Å². The van der Waals surface area contributed by atoms with Crippen molar-refractivity contribution in [2.45, 2.75) is 6.42 Å². The Morgan fingerprint density at radius 2 is 2.33 bits per heavy atom. The molecule has 2 rings (SSSR count). The number of carbonyl (C=O) groups excluding carboxylic acids is 1. The Morgan fingerprint density at radius 3 is 2.87 bits per heavy atom. The van der Waals surface area contributed by atoms with E-state index in [1.54, 1.807) is 23.2 Å². The van der Waals surface area contributed by atoms with Crippen LogP contribution in [0.3, 0.4) is 0 Å². The second kappa shape index (κ2) is 3.86. The summed E-state index contributed by atoms with van der Waals surface area (Å²) in [5.41, 5.74) is 11.7. The molecule has 15 heavy (non-hydrogen) atoms. The summed E-state index contributed by atoms with van der Waals surface area (Å²) >= 11 is 0. The fourth-order valence-electron chi connectivity index (χ4n) is 1.72. The fourth-order valence-corrected chi connectivity index (χ4v) is 1.72. The van der Waals surface area contributed by atoms with Crippen molar-refractivity contribution in [2.24, 2.45) is 11.7 Å². The Labute approximate surface area is 88.1 Å². The maximum absolute atomic E-state index is 11.6. The summed E-state index contributed by atoms with van der Waals surface area (Å²) in [7, 11) is 0. The van der Waals surface area contributed by atoms with E-state index in [1.807, 2.05) is 0 Å². The highest BCUT2D eigenvalue weighted by Crippen LogP contribution is 2.22. The topological polar surface area (TPSA) is 85.2 Å². The number of rotatable bonds is 2. The van der Waals surface area contributed by atoms with Gasteiger partial charge in [-0.1, -0.05) is 0 Å². The third-order valence-electron chi connectivity index (χ3n) is 2.59. The van der Waals surface area contributed by atoms with Crippen LogP contribution < -0.4 is 16.4 Å². The van der Waals surface area contributed by atoms with Crippen molar-refractivity contribution < 1.29 is 4.79 Å². The molecule has 1 atom stereocenters. The Bertz CT molecular complexity index is 362. The van der Waals surface area contributed by atoms with Crippen molar-refractivity contribution >= 4 is 17.4 Å². The predicted octanol–water partition coefficient (Wildman–Crippen LogP) is -0.0246. The van der Waals surface area contributed by atoms with Crippen LogP contribution in [-0.4, -0.2) is 24.0 Å². The third kappa shape index (κ3) is 1.92. The fraction of sp³-hybridized carbons (Fsp3) is 0.400. The first-order chi connectivity index (χ1) is 7.20. The third-order valence-corrected chi connectivity index (χ3v) is 2.59. The van der Waals surface area contributed by atoms with E-state index in [0.717, 1.165) is 0 Å². The number of anilines is 2. The minimum absolute atomic E-state index is 0.0859. The van der Waals surface area contributed by atoms with Crippen LogP contribution in [0, 0.1) is 5.92 Å². The van der Waals surface area contributed by atoms with Crippen LogP contribution in [0.4, 0.5) is 11.5 Å². The minimum Gasteiger partial charge on any atom is -0.397 e. The van der Waals surface area contributed by atoms with Gasteiger partial charge in [0.25, 0.3) is 0 Å². The lowest BCUT2D eigenvalue weighted by atomic mass is 10.1. The monoisotopic (exact) mass is 206 g/mol. The quantitative estimate of drug-likeness (QED) is 0.711. The van der Waals surface area contributed by atoms with Crippen molar-refractivity contribution in [1.29, 1.82) is 0 Å². The van der Waals surface area contributed by atoms with Crippen LogP contribution >= 0.6 is 0 Å². The number of nitrogens with two attached hydrogens (primary N) is 2. The molecule has 5 heteroatoms. The van der Waals surface area contributed by atoms with Crippen LogP contribution in [0.5, 0.6) is 0 Å². The molecule has 1 saturated heterocycles. The lowest BCUT2D eigenvalue weighted by molar-refractivity contribution is -0.117. The van der Waals surface area contributed by atoms with Gasteiger partial charge in [-0.05, 0) is 24.6 Å². The molecule has 0 saturated carbocycles. The van der Waals surface area contributed by atoms with E-state index in [9.17, 15) is 4.79 Å². The number of nitrogens with zero attached hydrogens (tertiary/aromatic N) is 2. The van der Waals surface area contributed by atoms with E-state index in [2.05, 4.69) is 4.98 Å². The van der Waals surface area contributed by atoms with Gasteiger partial charge in [0.05, 0.1) is 11.9 Å². The molecule has 1 aromatic heterocycles. The molecule has 1 aliphatic rings. The summed E-state index contributed by atoms with van der Waals surface area (Å²) in [6, 6.07) is 3.50. The number of pyridine rings is 1. The first kappa shape index (κ1) is 9.92. The van der Waals surface area contributed by atoms with Gasteiger partial charge in [0.2, 0.25) is 5.91 Å². The first-order valence-corrected chi connectivity index (χ1v) is 4.92. The van der Waals surface area contributed by atoms with E-state index in [4.69, 9.17) is 11.5 Å². The lowest BCUT2D eigenvalue weighted by Gasteiger charge is -2.14. The maximum Gasteiger partial charge on any atom is 0.228 e. The largest absolute Gasteiger partial charge is 0.397 e. The van der Waals surface area contributed by atoms with Crippen LogP contribution in [0.25, 0.3) is 0 Å². The Kier molecular flexibility index (Phi) is 2.55. The van der Waals surface area contributed by atoms with Gasteiger partial charge in [-0.25, -0.2) is 4.98 Å². The molecule has 0 bridgehead atoms. The minimum atomic E-state index is 0.0859. The molecule has 0 aromatic carbocycles. The predicted molar refractivity (Wildman–Crippen MR) is 58.2 cm³/mol. The number of hydrogen-bond acceptors (Lipinski definition) is 4. The zero-order valence-corrected chi connectivity index (χ0v) is 8.39. The molecule has 5 nitrogen and oxygen atoms in total. The van der Waals surface area contributed by atoms with Crippen molar-refractivity contribution in [1.82, 2.24) is 4.98 Å². The molecule has 0 spiro atoms. The van der Waals surface area contributed by atoms with Crippen molar-refractivity contribution in [3.8, 4) is 0 Å². The molecule has 4 N–H and O–H groups in total. The van der Waals surface area contributed by atoms with Crippen LogP contribution in [0.2, 0.25) is 0 Å². The second-order valence-electron chi connectivity index (χ2n) is 3.76. The smallest absolute Gasteiger partial charge is 0.228 e. The zero-order valence-electron chi connectivity index (χ0n) is 8.39. The number of amides is 1. The highest BCUT2D eigenvalue weighted by atomic mass is 16.2. The van der Waals surface area contributed by atoms with Crippen molar-refractivity contribution in [3.05, 3.63) is 18.3 Å². The van der Waals surface area contributed by atoms with Gasteiger partial charge in [0, 0.05) is 13.0 Å². The van der Waals surface area contributed by atoms with Gasteiger partial charge in [0.15, 0.2) is 0 Å². The van der Waals surface area contributed by atoms with Crippen LogP contribution in [0.1, 0.15) is 6.42 Å². The van der Waals surface area contributed by atoms with E-state index in [0.29, 0.717) is 31.0 Å². The number of aromatic nitrogens is 1. The maximum atomic E-state index is 11.6. The van der Waals surface area contributed by atoms with Crippen molar-refractivity contribution in [3.63, 3.8) is 0 Å². The second-order valence-corrected chi connectivity index (χ2v) is 3.76. The Hall–Kier alpha value is -1.62. The molecule has 1 unspecified atom stereocenters. The Morgan fingerprint density at radius 1 is 1.53 bits per heavy atom. The summed E-state index contributed by atoms with van der Waals surface area (Å²) in [5, 5.41) is 0. The van der Waals surface area contributed by atoms with Gasteiger partial charge in [-0.2, -0.15) is 0 Å². The summed E-state index contributed by atoms with van der Waals surface area (Å²) in [6.45, 7) is 1.20. The van der Waals surface area contributed by atoms with E-state index < -0.39 is 0 Å². The first-order valence-electron chi connectivity index (χ1n) is 4.92.